The highest BCUT2D eigenvalue weighted by Gasteiger charge is 2.34. The van der Waals surface area contributed by atoms with Crippen LogP contribution in [0, 0.1) is 0 Å². The summed E-state index contributed by atoms with van der Waals surface area (Å²) in [5, 5.41) is 5.46. The van der Waals surface area contributed by atoms with Gasteiger partial charge in [-0.1, -0.05) is 30.9 Å². The van der Waals surface area contributed by atoms with Gasteiger partial charge in [0.25, 0.3) is 5.91 Å². The molecule has 1 aliphatic carbocycles. The predicted molar refractivity (Wildman–Crippen MR) is 96.1 cm³/mol. The molecule has 9 heteroatoms. The minimum absolute atomic E-state index is 0.0197. The molecule has 0 aliphatic heterocycles. The van der Waals surface area contributed by atoms with Gasteiger partial charge < -0.3 is 10.6 Å². The SMILES string of the molecule is O=C(NC1CCCCC1)c1cnc(Nc2ccc(Cl)cc2C(F)(F)F)cn1. The van der Waals surface area contributed by atoms with E-state index in [4.69, 9.17) is 11.6 Å². The lowest BCUT2D eigenvalue weighted by Gasteiger charge is -2.22. The lowest BCUT2D eigenvalue weighted by Crippen LogP contribution is -2.36. The van der Waals surface area contributed by atoms with Crippen LogP contribution in [-0.4, -0.2) is 21.9 Å². The van der Waals surface area contributed by atoms with Crippen molar-refractivity contribution in [2.45, 2.75) is 44.3 Å². The third-order valence-electron chi connectivity index (χ3n) is 4.37. The van der Waals surface area contributed by atoms with Crippen molar-refractivity contribution in [3.63, 3.8) is 0 Å². The summed E-state index contributed by atoms with van der Waals surface area (Å²) in [5.41, 5.74) is -0.977. The average Bonchev–Trinajstić information content (AvgIpc) is 2.64. The molecule has 0 saturated heterocycles. The largest absolute Gasteiger partial charge is 0.418 e. The van der Waals surface area contributed by atoms with Gasteiger partial charge in [-0.3, -0.25) is 4.79 Å². The molecule has 2 aromatic rings. The summed E-state index contributed by atoms with van der Waals surface area (Å²) < 4.78 is 39.4. The van der Waals surface area contributed by atoms with Crippen molar-refractivity contribution in [2.75, 3.05) is 5.32 Å². The highest BCUT2D eigenvalue weighted by molar-refractivity contribution is 6.30. The Morgan fingerprint density at radius 2 is 1.85 bits per heavy atom. The van der Waals surface area contributed by atoms with Crippen LogP contribution in [0.4, 0.5) is 24.7 Å². The zero-order chi connectivity index (χ0) is 19.4. The molecular formula is C18H18ClF3N4O. The number of aromatic nitrogens is 2. The monoisotopic (exact) mass is 398 g/mol. The van der Waals surface area contributed by atoms with E-state index in [9.17, 15) is 18.0 Å². The van der Waals surface area contributed by atoms with Gasteiger partial charge in [0.2, 0.25) is 0 Å². The Morgan fingerprint density at radius 1 is 1.11 bits per heavy atom. The zero-order valence-electron chi connectivity index (χ0n) is 14.3. The van der Waals surface area contributed by atoms with Crippen molar-refractivity contribution in [2.24, 2.45) is 0 Å². The molecule has 1 aromatic heterocycles. The maximum Gasteiger partial charge on any atom is 0.418 e. The molecule has 27 heavy (non-hydrogen) atoms. The Morgan fingerprint density at radius 3 is 2.48 bits per heavy atom. The molecule has 0 bridgehead atoms. The summed E-state index contributed by atoms with van der Waals surface area (Å²) in [6, 6.07) is 3.53. The summed E-state index contributed by atoms with van der Waals surface area (Å²) >= 11 is 5.66. The summed E-state index contributed by atoms with van der Waals surface area (Å²) in [7, 11) is 0. The lowest BCUT2D eigenvalue weighted by molar-refractivity contribution is -0.136. The summed E-state index contributed by atoms with van der Waals surface area (Å²) in [6.07, 6.45) is 3.13. The fourth-order valence-corrected chi connectivity index (χ4v) is 3.19. The standard InChI is InChI=1S/C18H18ClF3N4O/c19-11-6-7-14(13(8-11)18(20,21)22)26-16-10-23-15(9-24-16)17(27)25-12-4-2-1-3-5-12/h6-10,12H,1-5H2,(H,24,26)(H,25,27). The Bertz CT molecular complexity index is 805. The van der Waals surface area contributed by atoms with Crippen LogP contribution in [0.25, 0.3) is 0 Å². The average molecular weight is 399 g/mol. The van der Waals surface area contributed by atoms with Crippen molar-refractivity contribution in [1.29, 1.82) is 0 Å². The third-order valence-corrected chi connectivity index (χ3v) is 4.61. The molecule has 1 aromatic carbocycles. The van der Waals surface area contributed by atoms with Crippen molar-refractivity contribution in [3.8, 4) is 0 Å². The van der Waals surface area contributed by atoms with E-state index in [0.717, 1.165) is 31.7 Å². The van der Waals surface area contributed by atoms with E-state index >= 15 is 0 Å². The minimum Gasteiger partial charge on any atom is -0.348 e. The van der Waals surface area contributed by atoms with E-state index in [2.05, 4.69) is 20.6 Å². The zero-order valence-corrected chi connectivity index (χ0v) is 15.1. The first-order chi connectivity index (χ1) is 12.8. The van der Waals surface area contributed by atoms with Gasteiger partial charge in [-0.05, 0) is 31.0 Å². The molecule has 1 fully saturated rings. The van der Waals surface area contributed by atoms with E-state index in [0.29, 0.717) is 0 Å². The minimum atomic E-state index is -4.57. The molecule has 1 heterocycles. The predicted octanol–water partition coefficient (Wildman–Crippen LogP) is 4.95. The summed E-state index contributed by atoms with van der Waals surface area (Å²) in [4.78, 5) is 20.2. The van der Waals surface area contributed by atoms with Crippen LogP contribution in [0.2, 0.25) is 5.02 Å². The number of hydrogen-bond donors (Lipinski definition) is 2. The number of amides is 1. The molecule has 0 atom stereocenters. The Balaban J connectivity index is 1.70. The van der Waals surface area contributed by atoms with E-state index < -0.39 is 11.7 Å². The highest BCUT2D eigenvalue weighted by Crippen LogP contribution is 2.37. The number of hydrogen-bond acceptors (Lipinski definition) is 4. The van der Waals surface area contributed by atoms with E-state index in [1.165, 1.54) is 30.9 Å². The van der Waals surface area contributed by atoms with E-state index in [1.54, 1.807) is 0 Å². The fraction of sp³-hybridized carbons (Fsp3) is 0.389. The first kappa shape index (κ1) is 19.4. The molecule has 0 unspecified atom stereocenters. The second kappa shape index (κ2) is 8.12. The Labute approximate surface area is 159 Å². The Hall–Kier alpha value is -2.35. The number of nitrogens with one attached hydrogen (secondary N) is 2. The van der Waals surface area contributed by atoms with Crippen molar-refractivity contribution >= 4 is 29.0 Å². The normalized spacial score (nSPS) is 15.4. The molecule has 1 saturated carbocycles. The summed E-state index contributed by atoms with van der Waals surface area (Å²) in [5.74, 6) is -0.236. The van der Waals surface area contributed by atoms with Gasteiger partial charge in [-0.25, -0.2) is 9.97 Å². The first-order valence-electron chi connectivity index (χ1n) is 8.59. The quantitative estimate of drug-likeness (QED) is 0.764. The molecule has 144 valence electrons. The molecule has 0 radical (unpaired) electrons. The molecule has 0 spiro atoms. The van der Waals surface area contributed by atoms with Crippen molar-refractivity contribution in [1.82, 2.24) is 15.3 Å². The lowest BCUT2D eigenvalue weighted by atomic mass is 9.95. The second-order valence-corrected chi connectivity index (χ2v) is 6.84. The number of anilines is 2. The molecular weight excluding hydrogens is 381 g/mol. The first-order valence-corrected chi connectivity index (χ1v) is 8.97. The smallest absolute Gasteiger partial charge is 0.348 e. The molecule has 1 aliphatic rings. The third kappa shape index (κ3) is 5.09. The van der Waals surface area contributed by atoms with Gasteiger partial charge in [-0.2, -0.15) is 13.2 Å². The van der Waals surface area contributed by atoms with Gasteiger partial charge in [0.15, 0.2) is 0 Å². The van der Waals surface area contributed by atoms with Gasteiger partial charge in [0.1, 0.15) is 11.5 Å². The van der Waals surface area contributed by atoms with Crippen LogP contribution in [-0.2, 0) is 6.18 Å². The van der Waals surface area contributed by atoms with Crippen molar-refractivity contribution in [3.05, 3.63) is 46.9 Å². The highest BCUT2D eigenvalue weighted by atomic mass is 35.5. The van der Waals surface area contributed by atoms with E-state index in [-0.39, 0.29) is 34.2 Å². The summed E-state index contributed by atoms with van der Waals surface area (Å²) in [6.45, 7) is 0. The molecule has 2 N–H and O–H groups in total. The van der Waals surface area contributed by atoms with Crippen LogP contribution in [0.5, 0.6) is 0 Å². The number of carbonyl (C=O) groups is 1. The second-order valence-electron chi connectivity index (χ2n) is 6.41. The van der Waals surface area contributed by atoms with Crippen LogP contribution in [0.15, 0.2) is 30.6 Å². The van der Waals surface area contributed by atoms with Crippen LogP contribution < -0.4 is 10.6 Å². The van der Waals surface area contributed by atoms with E-state index in [1.807, 2.05) is 0 Å². The van der Waals surface area contributed by atoms with Gasteiger partial charge in [0, 0.05) is 11.1 Å². The van der Waals surface area contributed by atoms with Crippen LogP contribution in [0.1, 0.15) is 48.2 Å². The molecule has 3 rings (SSSR count). The number of halogens is 4. The maximum absolute atomic E-state index is 13.1. The topological polar surface area (TPSA) is 66.9 Å². The number of alkyl halides is 3. The van der Waals surface area contributed by atoms with Gasteiger partial charge >= 0.3 is 6.18 Å². The molecule has 5 nitrogen and oxygen atoms in total. The van der Waals surface area contributed by atoms with Gasteiger partial charge in [0.05, 0.1) is 23.6 Å². The van der Waals surface area contributed by atoms with Crippen LogP contribution >= 0.6 is 11.6 Å². The molecule has 1 amide bonds. The van der Waals surface area contributed by atoms with Crippen molar-refractivity contribution < 1.29 is 18.0 Å². The van der Waals surface area contributed by atoms with Crippen LogP contribution in [0.3, 0.4) is 0 Å². The fourth-order valence-electron chi connectivity index (χ4n) is 3.01. The number of nitrogens with zero attached hydrogens (tertiary/aromatic N) is 2. The Kier molecular flexibility index (Phi) is 5.84. The maximum atomic E-state index is 13.1. The van der Waals surface area contributed by atoms with Gasteiger partial charge in [-0.15, -0.1) is 0 Å². The number of carbonyl (C=O) groups excluding carboxylic acids is 1. The number of benzene rings is 1. The number of rotatable bonds is 4.